The van der Waals surface area contributed by atoms with Gasteiger partial charge in [0.15, 0.2) is 0 Å². The van der Waals surface area contributed by atoms with E-state index in [1.54, 1.807) is 17.0 Å². The molecule has 1 aliphatic rings. The highest BCUT2D eigenvalue weighted by Crippen LogP contribution is 2.20. The van der Waals surface area contributed by atoms with Gasteiger partial charge in [0.05, 0.1) is 13.2 Å². The molecule has 1 aromatic rings. The van der Waals surface area contributed by atoms with Crippen LogP contribution in [0.25, 0.3) is 0 Å². The fraction of sp³-hybridized carbons (Fsp3) is 0.529. The Hall–Kier alpha value is -1.79. The summed E-state index contributed by atoms with van der Waals surface area (Å²) in [6, 6.07) is 4.29. The average molecular weight is 354 g/mol. The molecule has 24 heavy (non-hydrogen) atoms. The number of hydrogen-bond acceptors (Lipinski definition) is 3. The van der Waals surface area contributed by atoms with E-state index in [9.17, 15) is 9.59 Å². The first kappa shape index (κ1) is 18.5. The van der Waals surface area contributed by atoms with Crippen LogP contribution in [0.15, 0.2) is 18.2 Å². The number of anilines is 1. The standard InChI is InChI=1S/C17H24ClN3O3/c1-11(2)15(16(22)21-6-8-24-9-7-21)20-17(23)19-13-5-4-12(3)14(18)10-13/h4-5,10-11,15H,6-9H2,1-3H3,(H2,19,20,23)/t15-/m1/s1. The highest BCUT2D eigenvalue weighted by Gasteiger charge is 2.29. The van der Waals surface area contributed by atoms with Crippen LogP contribution in [0.1, 0.15) is 19.4 Å². The van der Waals surface area contributed by atoms with Gasteiger partial charge in [-0.2, -0.15) is 0 Å². The van der Waals surface area contributed by atoms with Gasteiger partial charge in [-0.1, -0.05) is 31.5 Å². The predicted octanol–water partition coefficient (Wildman–Crippen LogP) is 2.65. The van der Waals surface area contributed by atoms with Gasteiger partial charge in [0.1, 0.15) is 6.04 Å². The minimum Gasteiger partial charge on any atom is -0.378 e. The molecule has 132 valence electrons. The minimum atomic E-state index is -0.580. The van der Waals surface area contributed by atoms with Gasteiger partial charge in [-0.05, 0) is 30.5 Å². The topological polar surface area (TPSA) is 70.7 Å². The second-order valence-corrected chi connectivity index (χ2v) is 6.63. The van der Waals surface area contributed by atoms with Crippen LogP contribution in [0.4, 0.5) is 10.5 Å². The van der Waals surface area contributed by atoms with Gasteiger partial charge >= 0.3 is 6.03 Å². The Morgan fingerprint density at radius 1 is 1.25 bits per heavy atom. The second-order valence-electron chi connectivity index (χ2n) is 6.22. The summed E-state index contributed by atoms with van der Waals surface area (Å²) in [6.45, 7) is 7.88. The third kappa shape index (κ3) is 4.85. The molecule has 3 amide bonds. The number of amides is 3. The number of rotatable bonds is 4. The zero-order valence-corrected chi connectivity index (χ0v) is 15.0. The Balaban J connectivity index is 1.99. The van der Waals surface area contributed by atoms with Crippen molar-refractivity contribution in [2.24, 2.45) is 5.92 Å². The van der Waals surface area contributed by atoms with Crippen molar-refractivity contribution in [3.05, 3.63) is 28.8 Å². The van der Waals surface area contributed by atoms with Crippen molar-refractivity contribution in [3.8, 4) is 0 Å². The number of morpholine rings is 1. The van der Waals surface area contributed by atoms with E-state index in [-0.39, 0.29) is 11.8 Å². The first-order chi connectivity index (χ1) is 11.4. The second kappa shape index (κ2) is 8.35. The lowest BCUT2D eigenvalue weighted by Crippen LogP contribution is -2.54. The first-order valence-electron chi connectivity index (χ1n) is 8.08. The molecule has 0 bridgehead atoms. The minimum absolute atomic E-state index is 0.0206. The molecule has 1 atom stereocenters. The molecule has 0 aliphatic carbocycles. The van der Waals surface area contributed by atoms with Crippen molar-refractivity contribution in [2.75, 3.05) is 31.6 Å². The normalized spacial score (nSPS) is 16.0. The van der Waals surface area contributed by atoms with Gasteiger partial charge < -0.3 is 20.3 Å². The van der Waals surface area contributed by atoms with Crippen molar-refractivity contribution in [1.82, 2.24) is 10.2 Å². The first-order valence-corrected chi connectivity index (χ1v) is 8.46. The maximum Gasteiger partial charge on any atom is 0.319 e. The molecule has 0 radical (unpaired) electrons. The maximum atomic E-state index is 12.6. The number of hydrogen-bond donors (Lipinski definition) is 2. The summed E-state index contributed by atoms with van der Waals surface area (Å²) in [5.74, 6) is -0.0990. The zero-order chi connectivity index (χ0) is 17.7. The molecule has 7 heteroatoms. The summed E-state index contributed by atoms with van der Waals surface area (Å²) in [5, 5.41) is 6.08. The van der Waals surface area contributed by atoms with Crippen LogP contribution in [0.2, 0.25) is 5.02 Å². The van der Waals surface area contributed by atoms with Crippen molar-refractivity contribution < 1.29 is 14.3 Å². The number of benzene rings is 1. The predicted molar refractivity (Wildman–Crippen MR) is 94.4 cm³/mol. The number of halogens is 1. The highest BCUT2D eigenvalue weighted by molar-refractivity contribution is 6.31. The lowest BCUT2D eigenvalue weighted by atomic mass is 10.0. The lowest BCUT2D eigenvalue weighted by Gasteiger charge is -2.32. The molecule has 0 spiro atoms. The molecule has 1 aliphatic heterocycles. The third-order valence-corrected chi connectivity index (χ3v) is 4.38. The Bertz CT molecular complexity index is 601. The summed E-state index contributed by atoms with van der Waals surface area (Å²) in [4.78, 5) is 26.6. The number of nitrogens with one attached hydrogen (secondary N) is 2. The number of carbonyl (C=O) groups excluding carboxylic acids is 2. The summed E-state index contributed by atoms with van der Waals surface area (Å²) in [7, 11) is 0. The van der Waals surface area contributed by atoms with E-state index in [1.807, 2.05) is 26.8 Å². The molecule has 0 aromatic heterocycles. The molecule has 1 saturated heterocycles. The van der Waals surface area contributed by atoms with E-state index < -0.39 is 12.1 Å². The van der Waals surface area contributed by atoms with E-state index in [1.165, 1.54) is 0 Å². The number of ether oxygens (including phenoxy) is 1. The quantitative estimate of drug-likeness (QED) is 0.874. The molecular weight excluding hydrogens is 330 g/mol. The highest BCUT2D eigenvalue weighted by atomic mass is 35.5. The SMILES string of the molecule is Cc1ccc(NC(=O)N[C@@H](C(=O)N2CCOCC2)C(C)C)cc1Cl. The molecule has 0 unspecified atom stereocenters. The Labute approximate surface area is 147 Å². The molecular formula is C17H24ClN3O3. The molecule has 6 nitrogen and oxygen atoms in total. The molecule has 2 rings (SSSR count). The van der Waals surface area contributed by atoms with E-state index in [4.69, 9.17) is 16.3 Å². The fourth-order valence-corrected chi connectivity index (χ4v) is 2.65. The van der Waals surface area contributed by atoms with Gasteiger partial charge in [-0.15, -0.1) is 0 Å². The van der Waals surface area contributed by atoms with E-state index in [2.05, 4.69) is 10.6 Å². The Morgan fingerprint density at radius 3 is 2.50 bits per heavy atom. The van der Waals surface area contributed by atoms with E-state index in [0.29, 0.717) is 37.0 Å². The van der Waals surface area contributed by atoms with Gasteiger partial charge in [-0.3, -0.25) is 4.79 Å². The molecule has 1 fully saturated rings. The summed E-state index contributed by atoms with van der Waals surface area (Å²) in [6.07, 6.45) is 0. The summed E-state index contributed by atoms with van der Waals surface area (Å²) >= 11 is 6.06. The number of carbonyl (C=O) groups is 2. The van der Waals surface area contributed by atoms with Crippen LogP contribution in [-0.2, 0) is 9.53 Å². The fourth-order valence-electron chi connectivity index (χ4n) is 2.47. The third-order valence-electron chi connectivity index (χ3n) is 3.97. The Kier molecular flexibility index (Phi) is 6.45. The van der Waals surface area contributed by atoms with Crippen molar-refractivity contribution in [1.29, 1.82) is 0 Å². The van der Waals surface area contributed by atoms with Crippen LogP contribution in [0.5, 0.6) is 0 Å². The largest absolute Gasteiger partial charge is 0.378 e. The monoisotopic (exact) mass is 353 g/mol. The Morgan fingerprint density at radius 2 is 1.92 bits per heavy atom. The van der Waals surface area contributed by atoms with Gasteiger partial charge in [0.25, 0.3) is 0 Å². The zero-order valence-electron chi connectivity index (χ0n) is 14.3. The summed E-state index contributed by atoms with van der Waals surface area (Å²) < 4.78 is 5.26. The van der Waals surface area contributed by atoms with Crippen LogP contribution < -0.4 is 10.6 Å². The average Bonchev–Trinajstić information content (AvgIpc) is 2.56. The van der Waals surface area contributed by atoms with Crippen LogP contribution in [0.3, 0.4) is 0 Å². The van der Waals surface area contributed by atoms with E-state index in [0.717, 1.165) is 5.56 Å². The lowest BCUT2D eigenvalue weighted by molar-refractivity contribution is -0.138. The molecule has 0 saturated carbocycles. The van der Waals surface area contributed by atoms with Crippen LogP contribution in [-0.4, -0.2) is 49.2 Å². The molecule has 1 aromatic carbocycles. The smallest absolute Gasteiger partial charge is 0.319 e. The van der Waals surface area contributed by atoms with Gasteiger partial charge in [-0.25, -0.2) is 4.79 Å². The van der Waals surface area contributed by atoms with Crippen LogP contribution in [0, 0.1) is 12.8 Å². The maximum absolute atomic E-state index is 12.6. The van der Waals surface area contributed by atoms with Crippen LogP contribution >= 0.6 is 11.6 Å². The number of nitrogens with zero attached hydrogens (tertiary/aromatic N) is 1. The number of aryl methyl sites for hydroxylation is 1. The molecule has 1 heterocycles. The molecule has 2 N–H and O–H groups in total. The number of urea groups is 1. The van der Waals surface area contributed by atoms with Crippen molar-refractivity contribution in [2.45, 2.75) is 26.8 Å². The summed E-state index contributed by atoms with van der Waals surface area (Å²) in [5.41, 5.74) is 1.52. The van der Waals surface area contributed by atoms with Gasteiger partial charge in [0.2, 0.25) is 5.91 Å². The van der Waals surface area contributed by atoms with E-state index >= 15 is 0 Å². The van der Waals surface area contributed by atoms with Gasteiger partial charge in [0, 0.05) is 23.8 Å². The van der Waals surface area contributed by atoms with Crippen molar-refractivity contribution >= 4 is 29.2 Å². The van der Waals surface area contributed by atoms with Crippen molar-refractivity contribution in [3.63, 3.8) is 0 Å².